The van der Waals surface area contributed by atoms with Crippen LogP contribution in [0.25, 0.3) is 0 Å². The van der Waals surface area contributed by atoms with Gasteiger partial charge in [-0.1, -0.05) is 0 Å². The molecule has 8 heteroatoms. The molecule has 1 heterocycles. The van der Waals surface area contributed by atoms with Crippen molar-refractivity contribution in [1.29, 1.82) is 0 Å². The zero-order valence-electron chi connectivity index (χ0n) is 12.2. The van der Waals surface area contributed by atoms with Crippen molar-refractivity contribution in [3.63, 3.8) is 0 Å². The van der Waals surface area contributed by atoms with Gasteiger partial charge in [-0.15, -0.1) is 0 Å². The van der Waals surface area contributed by atoms with Crippen LogP contribution in [0.2, 0.25) is 0 Å². The fourth-order valence-corrected chi connectivity index (χ4v) is 1.77. The van der Waals surface area contributed by atoms with Gasteiger partial charge in [0, 0.05) is 12.2 Å². The average molecular weight is 298 g/mol. The molecule has 1 rings (SSSR count). The van der Waals surface area contributed by atoms with Crippen molar-refractivity contribution in [2.45, 2.75) is 45.4 Å². The number of hydrogen-bond donors (Lipinski definition) is 2. The number of hydrogen-bond acceptors (Lipinski definition) is 5. The highest BCUT2D eigenvalue weighted by atomic mass is 16.6. The van der Waals surface area contributed by atoms with Gasteiger partial charge in [0.15, 0.2) is 0 Å². The highest BCUT2D eigenvalue weighted by Gasteiger charge is 2.48. The van der Waals surface area contributed by atoms with Crippen molar-refractivity contribution in [1.82, 2.24) is 10.2 Å². The number of carboxylic acids is 1. The summed E-state index contributed by atoms with van der Waals surface area (Å²) in [4.78, 5) is 46.2. The van der Waals surface area contributed by atoms with Gasteiger partial charge < -0.3 is 15.2 Å². The quantitative estimate of drug-likeness (QED) is 0.571. The SMILES string of the molecule is C[C@H]1[C@H](NC(=O)OC(C)(C)C)C(=O)N1C(=O)C=CC(=O)O. The maximum atomic E-state index is 11.8. The molecule has 0 radical (unpaired) electrons. The number of carbonyl (C=O) groups is 4. The Morgan fingerprint density at radius 3 is 2.29 bits per heavy atom. The molecule has 0 aromatic heterocycles. The van der Waals surface area contributed by atoms with Gasteiger partial charge in [0.05, 0.1) is 6.04 Å². The van der Waals surface area contributed by atoms with Gasteiger partial charge in [0.2, 0.25) is 0 Å². The number of nitrogens with one attached hydrogen (secondary N) is 1. The molecule has 0 aliphatic carbocycles. The molecule has 0 aromatic carbocycles. The van der Waals surface area contributed by atoms with Crippen LogP contribution in [0.4, 0.5) is 4.79 Å². The summed E-state index contributed by atoms with van der Waals surface area (Å²) in [5.74, 6) is -2.63. The molecule has 0 spiro atoms. The van der Waals surface area contributed by atoms with E-state index in [9.17, 15) is 19.2 Å². The number of carboxylic acid groups (broad SMARTS) is 1. The van der Waals surface area contributed by atoms with Gasteiger partial charge in [0.25, 0.3) is 11.8 Å². The molecule has 1 fully saturated rings. The number of aliphatic carboxylic acids is 1. The molecule has 0 aromatic rings. The number of alkyl carbamates (subject to hydrolysis) is 1. The van der Waals surface area contributed by atoms with Gasteiger partial charge in [0.1, 0.15) is 11.6 Å². The lowest BCUT2D eigenvalue weighted by molar-refractivity contribution is -0.158. The van der Waals surface area contributed by atoms with Crippen LogP contribution in [0, 0.1) is 0 Å². The maximum absolute atomic E-state index is 11.8. The topological polar surface area (TPSA) is 113 Å². The number of imide groups is 1. The number of likely N-dealkylation sites (tertiary alicyclic amines) is 1. The predicted octanol–water partition coefficient (Wildman–Crippen LogP) is 0.278. The summed E-state index contributed by atoms with van der Waals surface area (Å²) in [5, 5.41) is 10.8. The van der Waals surface area contributed by atoms with E-state index >= 15 is 0 Å². The van der Waals surface area contributed by atoms with Crippen molar-refractivity contribution in [2.24, 2.45) is 0 Å². The van der Waals surface area contributed by atoms with E-state index in [1.165, 1.54) is 0 Å². The van der Waals surface area contributed by atoms with Crippen LogP contribution in [-0.2, 0) is 19.1 Å². The summed E-state index contributed by atoms with van der Waals surface area (Å²) in [6.45, 7) is 6.62. The van der Waals surface area contributed by atoms with Crippen LogP contribution < -0.4 is 5.32 Å². The van der Waals surface area contributed by atoms with Crippen LogP contribution in [-0.4, -0.2) is 51.6 Å². The summed E-state index contributed by atoms with van der Waals surface area (Å²) in [6.07, 6.45) is 0.693. The third-order valence-corrected chi connectivity index (χ3v) is 2.67. The molecule has 1 aliphatic heterocycles. The first-order chi connectivity index (χ1) is 9.53. The van der Waals surface area contributed by atoms with Crippen molar-refractivity contribution in [3.8, 4) is 0 Å². The lowest BCUT2D eigenvalue weighted by atomic mass is 9.96. The van der Waals surface area contributed by atoms with Crippen molar-refractivity contribution >= 4 is 23.9 Å². The molecule has 116 valence electrons. The van der Waals surface area contributed by atoms with E-state index < -0.39 is 41.6 Å². The monoisotopic (exact) mass is 298 g/mol. The Bertz CT molecular complexity index is 505. The summed E-state index contributed by atoms with van der Waals surface area (Å²) in [6, 6.07) is -1.43. The molecule has 0 bridgehead atoms. The van der Waals surface area contributed by atoms with E-state index in [0.717, 1.165) is 11.0 Å². The van der Waals surface area contributed by atoms with Crippen LogP contribution in [0.5, 0.6) is 0 Å². The molecule has 3 amide bonds. The van der Waals surface area contributed by atoms with Gasteiger partial charge in [-0.2, -0.15) is 0 Å². The van der Waals surface area contributed by atoms with Crippen molar-refractivity contribution in [2.75, 3.05) is 0 Å². The zero-order chi connectivity index (χ0) is 16.4. The normalized spacial score (nSPS) is 21.9. The first-order valence-corrected chi connectivity index (χ1v) is 6.30. The van der Waals surface area contributed by atoms with Gasteiger partial charge in [-0.3, -0.25) is 14.5 Å². The second kappa shape index (κ2) is 5.94. The standard InChI is InChI=1S/C13H18N2O6/c1-7-10(14-12(20)21-13(2,3)4)11(19)15(7)8(16)5-6-9(17)18/h5-7,10H,1-4H3,(H,14,20)(H,17,18)/t7-,10-/m0/s1. The number of carbonyl (C=O) groups excluding carboxylic acids is 3. The molecule has 21 heavy (non-hydrogen) atoms. The lowest BCUT2D eigenvalue weighted by Gasteiger charge is -2.43. The summed E-state index contributed by atoms with van der Waals surface area (Å²) in [7, 11) is 0. The van der Waals surface area contributed by atoms with Crippen molar-refractivity contribution in [3.05, 3.63) is 12.2 Å². The molecular formula is C13H18N2O6. The highest BCUT2D eigenvalue weighted by molar-refractivity contribution is 6.09. The summed E-state index contributed by atoms with van der Waals surface area (Å²) < 4.78 is 5.02. The molecular weight excluding hydrogens is 280 g/mol. The van der Waals surface area contributed by atoms with E-state index in [2.05, 4.69) is 5.32 Å². The predicted molar refractivity (Wildman–Crippen MR) is 71.2 cm³/mol. The molecule has 0 unspecified atom stereocenters. The number of β-lactam (4-membered cyclic amide) rings is 1. The van der Waals surface area contributed by atoms with Gasteiger partial charge in [-0.25, -0.2) is 9.59 Å². The molecule has 1 aliphatic rings. The Balaban J connectivity index is 2.60. The first kappa shape index (κ1) is 16.7. The Morgan fingerprint density at radius 1 is 1.29 bits per heavy atom. The Kier molecular flexibility index (Phi) is 4.72. The van der Waals surface area contributed by atoms with Crippen LogP contribution in [0.3, 0.4) is 0 Å². The lowest BCUT2D eigenvalue weighted by Crippen LogP contribution is -2.71. The Morgan fingerprint density at radius 2 is 1.86 bits per heavy atom. The smallest absolute Gasteiger partial charge is 0.408 e. The average Bonchev–Trinajstić information content (AvgIpc) is 2.31. The molecule has 0 saturated carbocycles. The van der Waals surface area contributed by atoms with Gasteiger partial charge >= 0.3 is 12.1 Å². The number of amides is 3. The van der Waals surface area contributed by atoms with Gasteiger partial charge in [-0.05, 0) is 27.7 Å². The minimum Gasteiger partial charge on any atom is -0.478 e. The van der Waals surface area contributed by atoms with Crippen LogP contribution in [0.15, 0.2) is 12.2 Å². The third kappa shape index (κ3) is 4.30. The molecule has 2 N–H and O–H groups in total. The number of ether oxygens (including phenoxy) is 1. The summed E-state index contributed by atoms with van der Waals surface area (Å²) in [5.41, 5.74) is -0.695. The molecule has 2 atom stereocenters. The van der Waals surface area contributed by atoms with E-state index in [-0.39, 0.29) is 0 Å². The minimum atomic E-state index is -1.28. The van der Waals surface area contributed by atoms with Crippen LogP contribution >= 0.6 is 0 Å². The fourth-order valence-electron chi connectivity index (χ4n) is 1.77. The molecule has 8 nitrogen and oxygen atoms in total. The second-order valence-electron chi connectivity index (χ2n) is 5.58. The minimum absolute atomic E-state index is 0.573. The number of rotatable bonds is 3. The fraction of sp³-hybridized carbons (Fsp3) is 0.538. The Labute approximate surface area is 121 Å². The molecule has 1 saturated heterocycles. The Hall–Kier alpha value is -2.38. The summed E-state index contributed by atoms with van der Waals surface area (Å²) >= 11 is 0. The first-order valence-electron chi connectivity index (χ1n) is 6.30. The zero-order valence-corrected chi connectivity index (χ0v) is 12.2. The third-order valence-electron chi connectivity index (χ3n) is 2.67. The van der Waals surface area contributed by atoms with E-state index in [1.54, 1.807) is 27.7 Å². The van der Waals surface area contributed by atoms with E-state index in [4.69, 9.17) is 9.84 Å². The van der Waals surface area contributed by atoms with E-state index in [0.29, 0.717) is 6.08 Å². The van der Waals surface area contributed by atoms with Crippen LogP contribution in [0.1, 0.15) is 27.7 Å². The maximum Gasteiger partial charge on any atom is 0.408 e. The largest absolute Gasteiger partial charge is 0.478 e. The van der Waals surface area contributed by atoms with E-state index in [1.807, 2.05) is 0 Å². The number of nitrogens with zero attached hydrogens (tertiary/aromatic N) is 1. The van der Waals surface area contributed by atoms with Crippen molar-refractivity contribution < 1.29 is 29.0 Å². The second-order valence-corrected chi connectivity index (χ2v) is 5.58. The highest BCUT2D eigenvalue weighted by Crippen LogP contribution is 2.21.